The van der Waals surface area contributed by atoms with E-state index in [1.165, 1.54) is 18.1 Å². The molecule has 112 valence electrons. The van der Waals surface area contributed by atoms with Gasteiger partial charge < -0.3 is 10.1 Å². The summed E-state index contributed by atoms with van der Waals surface area (Å²) in [6, 6.07) is 5.14. The number of halogens is 2. The zero-order valence-corrected chi connectivity index (χ0v) is 13.1. The van der Waals surface area contributed by atoms with Crippen molar-refractivity contribution >= 4 is 40.9 Å². The van der Waals surface area contributed by atoms with Crippen LogP contribution >= 0.6 is 35.0 Å². The molecule has 2 rings (SSSR count). The first-order chi connectivity index (χ1) is 10.2. The Bertz CT molecular complexity index is 595. The Hall–Kier alpha value is -1.44. The molecule has 9 heteroatoms. The number of aromatic nitrogens is 3. The zero-order chi connectivity index (χ0) is 15.1. The van der Waals surface area contributed by atoms with Crippen molar-refractivity contribution in [3.05, 3.63) is 34.6 Å². The minimum Gasteiger partial charge on any atom is -0.490 e. The number of ether oxygens (including phenoxy) is 1. The minimum absolute atomic E-state index is 0.114. The van der Waals surface area contributed by atoms with E-state index in [-0.39, 0.29) is 11.7 Å². The van der Waals surface area contributed by atoms with Gasteiger partial charge in [0.1, 0.15) is 23.7 Å². The van der Waals surface area contributed by atoms with Crippen molar-refractivity contribution in [2.75, 3.05) is 18.9 Å². The summed E-state index contributed by atoms with van der Waals surface area (Å²) in [7, 11) is 0. The number of rotatable bonds is 7. The van der Waals surface area contributed by atoms with Gasteiger partial charge in [-0.05, 0) is 12.1 Å². The summed E-state index contributed by atoms with van der Waals surface area (Å²) in [6.45, 7) is 0.678. The maximum atomic E-state index is 11.6. The lowest BCUT2D eigenvalue weighted by molar-refractivity contribution is -0.118. The summed E-state index contributed by atoms with van der Waals surface area (Å²) < 4.78 is 5.45. The minimum atomic E-state index is -0.114. The molecule has 21 heavy (non-hydrogen) atoms. The van der Waals surface area contributed by atoms with Gasteiger partial charge in [-0.25, -0.2) is 4.98 Å². The second kappa shape index (κ2) is 8.11. The van der Waals surface area contributed by atoms with E-state index < -0.39 is 0 Å². The number of hydrogen-bond donors (Lipinski definition) is 2. The molecule has 1 heterocycles. The average molecular weight is 347 g/mol. The Balaban J connectivity index is 1.65. The summed E-state index contributed by atoms with van der Waals surface area (Å²) >= 11 is 13.1. The zero-order valence-electron chi connectivity index (χ0n) is 10.8. The van der Waals surface area contributed by atoms with E-state index in [2.05, 4.69) is 20.5 Å². The van der Waals surface area contributed by atoms with Gasteiger partial charge in [-0.1, -0.05) is 41.0 Å². The van der Waals surface area contributed by atoms with Crippen LogP contribution < -0.4 is 10.1 Å². The second-order valence-electron chi connectivity index (χ2n) is 3.83. The molecule has 0 atom stereocenters. The van der Waals surface area contributed by atoms with Crippen molar-refractivity contribution in [3.63, 3.8) is 0 Å². The van der Waals surface area contributed by atoms with Crippen molar-refractivity contribution < 1.29 is 9.53 Å². The van der Waals surface area contributed by atoms with Crippen LogP contribution in [0.5, 0.6) is 5.75 Å². The summed E-state index contributed by atoms with van der Waals surface area (Å²) in [5, 5.41) is 10.5. The van der Waals surface area contributed by atoms with E-state index in [9.17, 15) is 4.79 Å². The first-order valence-corrected chi connectivity index (χ1v) is 7.72. The summed E-state index contributed by atoms with van der Waals surface area (Å²) in [5.41, 5.74) is 0. The van der Waals surface area contributed by atoms with E-state index in [4.69, 9.17) is 27.9 Å². The second-order valence-corrected chi connectivity index (χ2v) is 5.58. The number of nitrogens with one attached hydrogen (secondary N) is 2. The van der Waals surface area contributed by atoms with Crippen molar-refractivity contribution in [3.8, 4) is 5.75 Å². The monoisotopic (exact) mass is 346 g/mol. The number of aromatic amines is 1. The standard InChI is InChI=1S/C12H12Cl2N4O2S/c13-8-2-1-3-9(11(8)14)20-5-4-15-10(19)6-21-12-16-7-17-18-12/h1-3,7H,4-6H2,(H,15,19)(H,16,17,18). The molecule has 0 saturated heterocycles. The van der Waals surface area contributed by atoms with Crippen LogP contribution in [0.4, 0.5) is 0 Å². The molecule has 1 aromatic carbocycles. The molecule has 0 aliphatic carbocycles. The summed E-state index contributed by atoms with van der Waals surface area (Å²) in [6.07, 6.45) is 1.39. The third kappa shape index (κ3) is 5.11. The third-order valence-electron chi connectivity index (χ3n) is 2.33. The fourth-order valence-electron chi connectivity index (χ4n) is 1.40. The molecule has 1 aromatic heterocycles. The molecule has 2 aromatic rings. The van der Waals surface area contributed by atoms with Crippen molar-refractivity contribution in [2.24, 2.45) is 0 Å². The molecular weight excluding hydrogens is 335 g/mol. The van der Waals surface area contributed by atoms with E-state index in [1.807, 2.05) is 0 Å². The highest BCUT2D eigenvalue weighted by Gasteiger charge is 2.06. The fraction of sp³-hybridized carbons (Fsp3) is 0.250. The molecule has 0 aliphatic rings. The SMILES string of the molecule is O=C(CSc1ncn[nH]1)NCCOc1cccc(Cl)c1Cl. The van der Waals surface area contributed by atoms with Gasteiger partial charge in [-0.15, -0.1) is 0 Å². The van der Waals surface area contributed by atoms with Gasteiger partial charge in [-0.2, -0.15) is 5.10 Å². The third-order valence-corrected chi connectivity index (χ3v) is 4.01. The predicted molar refractivity (Wildman–Crippen MR) is 82.1 cm³/mol. The van der Waals surface area contributed by atoms with Crippen LogP contribution in [-0.4, -0.2) is 40.0 Å². The molecule has 0 fully saturated rings. The molecule has 2 N–H and O–H groups in total. The summed E-state index contributed by atoms with van der Waals surface area (Å²) in [5.74, 6) is 0.638. The first-order valence-electron chi connectivity index (χ1n) is 5.98. The van der Waals surface area contributed by atoms with Crippen molar-refractivity contribution in [1.29, 1.82) is 0 Å². The number of hydrogen-bond acceptors (Lipinski definition) is 5. The maximum Gasteiger partial charge on any atom is 0.230 e. The molecule has 0 radical (unpaired) electrons. The lowest BCUT2D eigenvalue weighted by Gasteiger charge is -2.09. The topological polar surface area (TPSA) is 79.9 Å². The van der Waals surface area contributed by atoms with E-state index in [0.29, 0.717) is 34.1 Å². The van der Waals surface area contributed by atoms with Gasteiger partial charge in [0.25, 0.3) is 0 Å². The quantitative estimate of drug-likeness (QED) is 0.594. The van der Waals surface area contributed by atoms with Crippen LogP contribution in [0, 0.1) is 0 Å². The Morgan fingerprint density at radius 2 is 2.29 bits per heavy atom. The highest BCUT2D eigenvalue weighted by atomic mass is 35.5. The molecule has 0 aliphatic heterocycles. The van der Waals surface area contributed by atoms with Gasteiger partial charge in [0.2, 0.25) is 5.91 Å². The van der Waals surface area contributed by atoms with Crippen LogP contribution in [0.1, 0.15) is 0 Å². The number of thioether (sulfide) groups is 1. The van der Waals surface area contributed by atoms with E-state index in [1.54, 1.807) is 18.2 Å². The van der Waals surface area contributed by atoms with Crippen LogP contribution in [0.25, 0.3) is 0 Å². The number of benzene rings is 1. The Morgan fingerprint density at radius 1 is 1.43 bits per heavy atom. The van der Waals surface area contributed by atoms with Crippen molar-refractivity contribution in [2.45, 2.75) is 5.16 Å². The Labute approximate surface area is 135 Å². The molecule has 1 amide bonds. The predicted octanol–water partition coefficient (Wildman–Crippen LogP) is 2.40. The Morgan fingerprint density at radius 3 is 3.05 bits per heavy atom. The van der Waals surface area contributed by atoms with Gasteiger partial charge in [-0.3, -0.25) is 9.89 Å². The highest BCUT2D eigenvalue weighted by molar-refractivity contribution is 7.99. The number of nitrogens with zero attached hydrogens (tertiary/aromatic N) is 2. The molecule has 0 spiro atoms. The number of amides is 1. The fourth-order valence-corrected chi connectivity index (χ4v) is 2.35. The number of H-pyrrole nitrogens is 1. The largest absolute Gasteiger partial charge is 0.490 e. The average Bonchev–Trinajstić information content (AvgIpc) is 2.99. The van der Waals surface area contributed by atoms with Crippen LogP contribution in [0.3, 0.4) is 0 Å². The van der Waals surface area contributed by atoms with E-state index >= 15 is 0 Å². The normalized spacial score (nSPS) is 10.4. The maximum absolute atomic E-state index is 11.6. The molecule has 0 unspecified atom stereocenters. The highest BCUT2D eigenvalue weighted by Crippen LogP contribution is 2.31. The first kappa shape index (κ1) is 15.9. The van der Waals surface area contributed by atoms with E-state index in [0.717, 1.165) is 0 Å². The number of carbonyl (C=O) groups is 1. The Kier molecular flexibility index (Phi) is 6.16. The van der Waals surface area contributed by atoms with Crippen LogP contribution in [-0.2, 0) is 4.79 Å². The van der Waals surface area contributed by atoms with Crippen molar-refractivity contribution in [1.82, 2.24) is 20.5 Å². The van der Waals surface area contributed by atoms with Gasteiger partial charge in [0, 0.05) is 0 Å². The van der Waals surface area contributed by atoms with Gasteiger partial charge in [0.05, 0.1) is 17.3 Å². The molecule has 0 saturated carbocycles. The lowest BCUT2D eigenvalue weighted by Crippen LogP contribution is -2.29. The molecular formula is C12H12Cl2N4O2S. The van der Waals surface area contributed by atoms with Crippen LogP contribution in [0.15, 0.2) is 29.7 Å². The van der Waals surface area contributed by atoms with Gasteiger partial charge >= 0.3 is 0 Å². The van der Waals surface area contributed by atoms with Crippen LogP contribution in [0.2, 0.25) is 10.0 Å². The van der Waals surface area contributed by atoms with Gasteiger partial charge in [0.15, 0.2) is 5.16 Å². The lowest BCUT2D eigenvalue weighted by atomic mass is 10.3. The molecule has 0 bridgehead atoms. The number of carbonyl (C=O) groups excluding carboxylic acids is 1. The summed E-state index contributed by atoms with van der Waals surface area (Å²) in [4.78, 5) is 15.5. The smallest absolute Gasteiger partial charge is 0.230 e. The molecule has 6 nitrogen and oxygen atoms in total.